The Kier molecular flexibility index (Phi) is 6.92. The number of hydrogen-bond acceptors (Lipinski definition) is 2. The van der Waals surface area contributed by atoms with E-state index in [1.54, 1.807) is 0 Å². The summed E-state index contributed by atoms with van der Waals surface area (Å²) in [4.78, 5) is 0. The van der Waals surface area contributed by atoms with Crippen LogP contribution in [-0.2, 0) is 0 Å². The summed E-state index contributed by atoms with van der Waals surface area (Å²) < 4.78 is 0. The summed E-state index contributed by atoms with van der Waals surface area (Å²) in [5.41, 5.74) is 1.31. The monoisotopic (exact) mass is 185 g/mol. The summed E-state index contributed by atoms with van der Waals surface area (Å²) in [5, 5.41) is 12.4. The van der Waals surface area contributed by atoms with Crippen molar-refractivity contribution in [2.75, 3.05) is 13.2 Å². The first-order valence-corrected chi connectivity index (χ1v) is 5.03. The van der Waals surface area contributed by atoms with E-state index in [4.69, 9.17) is 5.11 Å². The first kappa shape index (κ1) is 12.7. The molecule has 2 nitrogen and oxygen atoms in total. The molecular weight excluding hydrogens is 162 g/mol. The van der Waals surface area contributed by atoms with Crippen molar-refractivity contribution in [2.45, 2.75) is 40.2 Å². The van der Waals surface area contributed by atoms with Gasteiger partial charge in [0, 0.05) is 12.6 Å². The van der Waals surface area contributed by atoms with Crippen LogP contribution >= 0.6 is 0 Å². The molecule has 0 aliphatic carbocycles. The van der Waals surface area contributed by atoms with Gasteiger partial charge in [-0.1, -0.05) is 25.5 Å². The molecular formula is C11H23NO. The summed E-state index contributed by atoms with van der Waals surface area (Å²) in [6, 6.07) is 0.246. The zero-order chi connectivity index (χ0) is 10.3. The molecule has 0 radical (unpaired) electrons. The van der Waals surface area contributed by atoms with Crippen LogP contribution in [0.3, 0.4) is 0 Å². The van der Waals surface area contributed by atoms with E-state index < -0.39 is 0 Å². The first-order valence-electron chi connectivity index (χ1n) is 5.03. The molecule has 1 atom stereocenters. The SMILES string of the molecule is CC(C)=CCNC(CO)CC(C)C. The lowest BCUT2D eigenvalue weighted by atomic mass is 10.0. The van der Waals surface area contributed by atoms with E-state index in [1.807, 2.05) is 0 Å². The summed E-state index contributed by atoms with van der Waals surface area (Å²) >= 11 is 0. The van der Waals surface area contributed by atoms with Gasteiger partial charge in [-0.3, -0.25) is 0 Å². The molecule has 78 valence electrons. The van der Waals surface area contributed by atoms with Gasteiger partial charge in [0.2, 0.25) is 0 Å². The predicted octanol–water partition coefficient (Wildman–Crippen LogP) is 1.95. The number of allylic oxidation sites excluding steroid dienone is 1. The highest BCUT2D eigenvalue weighted by molar-refractivity contribution is 4.94. The second kappa shape index (κ2) is 7.10. The van der Waals surface area contributed by atoms with Crippen molar-refractivity contribution in [3.05, 3.63) is 11.6 Å². The number of aliphatic hydroxyl groups excluding tert-OH is 1. The average Bonchev–Trinajstić information content (AvgIpc) is 2.01. The molecule has 0 amide bonds. The van der Waals surface area contributed by atoms with Crippen molar-refractivity contribution >= 4 is 0 Å². The molecule has 0 aromatic rings. The van der Waals surface area contributed by atoms with Crippen molar-refractivity contribution in [1.82, 2.24) is 5.32 Å². The average molecular weight is 185 g/mol. The maximum Gasteiger partial charge on any atom is 0.0584 e. The van der Waals surface area contributed by atoms with Crippen LogP contribution in [0, 0.1) is 5.92 Å². The highest BCUT2D eigenvalue weighted by atomic mass is 16.3. The number of hydrogen-bond donors (Lipinski definition) is 2. The fourth-order valence-corrected chi connectivity index (χ4v) is 1.22. The highest BCUT2D eigenvalue weighted by Crippen LogP contribution is 2.03. The molecule has 0 saturated heterocycles. The Bertz CT molecular complexity index is 148. The molecule has 0 bridgehead atoms. The minimum atomic E-state index is 0.231. The lowest BCUT2D eigenvalue weighted by Crippen LogP contribution is -2.33. The van der Waals surface area contributed by atoms with Crippen molar-refractivity contribution < 1.29 is 5.11 Å². The molecule has 1 unspecified atom stereocenters. The second-order valence-corrected chi connectivity index (χ2v) is 4.20. The molecule has 0 fully saturated rings. The quantitative estimate of drug-likeness (QED) is 0.620. The zero-order valence-corrected chi connectivity index (χ0v) is 9.30. The second-order valence-electron chi connectivity index (χ2n) is 4.20. The number of aliphatic hydroxyl groups is 1. The molecule has 0 rings (SSSR count). The van der Waals surface area contributed by atoms with E-state index in [-0.39, 0.29) is 12.6 Å². The maximum absolute atomic E-state index is 9.06. The van der Waals surface area contributed by atoms with Crippen molar-refractivity contribution in [3.8, 4) is 0 Å². The van der Waals surface area contributed by atoms with E-state index >= 15 is 0 Å². The molecule has 0 aromatic carbocycles. The third-order valence-electron chi connectivity index (χ3n) is 1.89. The van der Waals surface area contributed by atoms with Crippen LogP contribution < -0.4 is 5.32 Å². The maximum atomic E-state index is 9.06. The van der Waals surface area contributed by atoms with E-state index in [9.17, 15) is 0 Å². The van der Waals surface area contributed by atoms with Crippen LogP contribution in [0.5, 0.6) is 0 Å². The minimum absolute atomic E-state index is 0.231. The Morgan fingerprint density at radius 1 is 1.38 bits per heavy atom. The summed E-state index contributed by atoms with van der Waals surface area (Å²) in [7, 11) is 0. The van der Waals surface area contributed by atoms with Gasteiger partial charge < -0.3 is 10.4 Å². The molecule has 0 saturated carbocycles. The van der Waals surface area contributed by atoms with Crippen LogP contribution in [0.1, 0.15) is 34.1 Å². The molecule has 13 heavy (non-hydrogen) atoms. The molecule has 0 aromatic heterocycles. The Labute approximate surface area is 82.0 Å². The lowest BCUT2D eigenvalue weighted by molar-refractivity contribution is 0.228. The van der Waals surface area contributed by atoms with Gasteiger partial charge in [0.05, 0.1) is 6.61 Å². The summed E-state index contributed by atoms with van der Waals surface area (Å²) in [5.74, 6) is 0.636. The molecule has 0 aliphatic rings. The minimum Gasteiger partial charge on any atom is -0.395 e. The van der Waals surface area contributed by atoms with Crippen LogP contribution in [0.4, 0.5) is 0 Å². The van der Waals surface area contributed by atoms with Gasteiger partial charge in [0.1, 0.15) is 0 Å². The zero-order valence-electron chi connectivity index (χ0n) is 9.30. The topological polar surface area (TPSA) is 32.3 Å². The van der Waals surface area contributed by atoms with Gasteiger partial charge in [-0.2, -0.15) is 0 Å². The molecule has 2 heteroatoms. The largest absolute Gasteiger partial charge is 0.395 e. The van der Waals surface area contributed by atoms with Crippen LogP contribution in [0.2, 0.25) is 0 Å². The van der Waals surface area contributed by atoms with E-state index in [0.29, 0.717) is 5.92 Å². The lowest BCUT2D eigenvalue weighted by Gasteiger charge is -2.17. The Morgan fingerprint density at radius 2 is 2.00 bits per heavy atom. The molecule has 0 aliphatic heterocycles. The van der Waals surface area contributed by atoms with Gasteiger partial charge in [0.25, 0.3) is 0 Å². The third-order valence-corrected chi connectivity index (χ3v) is 1.89. The van der Waals surface area contributed by atoms with Gasteiger partial charge in [-0.15, -0.1) is 0 Å². The normalized spacial score (nSPS) is 13.1. The van der Waals surface area contributed by atoms with Gasteiger partial charge in [0.15, 0.2) is 0 Å². The van der Waals surface area contributed by atoms with Crippen LogP contribution in [-0.4, -0.2) is 24.3 Å². The fraction of sp³-hybridized carbons (Fsp3) is 0.818. The summed E-state index contributed by atoms with van der Waals surface area (Å²) in [6.07, 6.45) is 3.18. The predicted molar refractivity (Wildman–Crippen MR) is 57.8 cm³/mol. The fourth-order valence-electron chi connectivity index (χ4n) is 1.22. The molecule has 2 N–H and O–H groups in total. The Morgan fingerprint density at radius 3 is 2.38 bits per heavy atom. The van der Waals surface area contributed by atoms with Crippen LogP contribution in [0.25, 0.3) is 0 Å². The number of rotatable bonds is 6. The smallest absolute Gasteiger partial charge is 0.0584 e. The van der Waals surface area contributed by atoms with Gasteiger partial charge in [-0.05, 0) is 26.2 Å². The van der Waals surface area contributed by atoms with Crippen LogP contribution in [0.15, 0.2) is 11.6 Å². The summed E-state index contributed by atoms with van der Waals surface area (Å²) in [6.45, 7) is 9.60. The van der Waals surface area contributed by atoms with E-state index in [2.05, 4.69) is 39.1 Å². The van der Waals surface area contributed by atoms with Crippen molar-refractivity contribution in [2.24, 2.45) is 5.92 Å². The van der Waals surface area contributed by atoms with Gasteiger partial charge >= 0.3 is 0 Å². The standard InChI is InChI=1S/C11H23NO/c1-9(2)5-6-12-11(8-13)7-10(3)4/h5,10-13H,6-8H2,1-4H3. The van der Waals surface area contributed by atoms with E-state index in [1.165, 1.54) is 5.57 Å². The third kappa shape index (κ3) is 8.00. The molecule has 0 spiro atoms. The Balaban J connectivity index is 3.66. The van der Waals surface area contributed by atoms with E-state index in [0.717, 1.165) is 13.0 Å². The van der Waals surface area contributed by atoms with Crippen molar-refractivity contribution in [1.29, 1.82) is 0 Å². The molecule has 0 heterocycles. The van der Waals surface area contributed by atoms with Crippen molar-refractivity contribution in [3.63, 3.8) is 0 Å². The highest BCUT2D eigenvalue weighted by Gasteiger charge is 2.07. The first-order chi connectivity index (χ1) is 6.06. The van der Waals surface area contributed by atoms with Gasteiger partial charge in [-0.25, -0.2) is 0 Å². The Hall–Kier alpha value is -0.340. The number of nitrogens with one attached hydrogen (secondary N) is 1.